The number of nitrogens with zero attached hydrogens (tertiary/aromatic N) is 4. The van der Waals surface area contributed by atoms with Gasteiger partial charge in [-0.25, -0.2) is 8.42 Å². The third kappa shape index (κ3) is 3.63. The molecular formula is C17H22N4O2S. The van der Waals surface area contributed by atoms with Gasteiger partial charge in [-0.2, -0.15) is 4.31 Å². The molecule has 128 valence electrons. The highest BCUT2D eigenvalue weighted by Gasteiger charge is 2.28. The van der Waals surface area contributed by atoms with E-state index in [2.05, 4.69) is 21.8 Å². The van der Waals surface area contributed by atoms with Gasteiger partial charge in [0.25, 0.3) is 0 Å². The highest BCUT2D eigenvalue weighted by Crippen LogP contribution is 2.22. The molecule has 2 heterocycles. The summed E-state index contributed by atoms with van der Waals surface area (Å²) in [6.45, 7) is 4.65. The van der Waals surface area contributed by atoms with Gasteiger partial charge in [0.05, 0.1) is 16.6 Å². The predicted molar refractivity (Wildman–Crippen MR) is 91.8 cm³/mol. The van der Waals surface area contributed by atoms with Crippen LogP contribution >= 0.6 is 0 Å². The van der Waals surface area contributed by atoms with Crippen molar-refractivity contribution in [1.82, 2.24) is 19.2 Å². The van der Waals surface area contributed by atoms with Crippen LogP contribution in [0.15, 0.2) is 53.8 Å². The van der Waals surface area contributed by atoms with Gasteiger partial charge in [0.1, 0.15) is 0 Å². The van der Waals surface area contributed by atoms with E-state index in [1.165, 1.54) is 0 Å². The first kappa shape index (κ1) is 17.0. The summed E-state index contributed by atoms with van der Waals surface area (Å²) in [5.41, 5.74) is 0.914. The average molecular weight is 346 g/mol. The molecule has 7 heteroatoms. The molecule has 0 N–H and O–H groups in total. The molecule has 1 aromatic carbocycles. The first-order valence-corrected chi connectivity index (χ1v) is 9.58. The van der Waals surface area contributed by atoms with E-state index < -0.39 is 10.0 Å². The predicted octanol–water partition coefficient (Wildman–Crippen LogP) is 1.93. The minimum absolute atomic E-state index is 0.123. The summed E-state index contributed by atoms with van der Waals surface area (Å²) in [4.78, 5) is 11.1. The van der Waals surface area contributed by atoms with E-state index in [0.717, 1.165) is 18.7 Å². The number of sulfonamides is 1. The van der Waals surface area contributed by atoms with E-state index in [9.17, 15) is 8.42 Å². The van der Waals surface area contributed by atoms with Crippen molar-refractivity contribution >= 4 is 10.0 Å². The number of aromatic nitrogens is 2. The quantitative estimate of drug-likeness (QED) is 0.846. The number of rotatable bonds is 4. The van der Waals surface area contributed by atoms with Crippen LogP contribution in [-0.2, 0) is 10.0 Å². The van der Waals surface area contributed by atoms with Gasteiger partial charge >= 0.3 is 0 Å². The topological polar surface area (TPSA) is 66.4 Å². The molecule has 0 bridgehead atoms. The van der Waals surface area contributed by atoms with Gasteiger partial charge in [-0.3, -0.25) is 14.9 Å². The Labute approximate surface area is 143 Å². The van der Waals surface area contributed by atoms with Crippen LogP contribution in [0.4, 0.5) is 0 Å². The third-order valence-electron chi connectivity index (χ3n) is 4.43. The van der Waals surface area contributed by atoms with Crippen LogP contribution in [0, 0.1) is 0 Å². The zero-order valence-electron chi connectivity index (χ0n) is 13.7. The van der Waals surface area contributed by atoms with Gasteiger partial charge in [0.2, 0.25) is 10.0 Å². The van der Waals surface area contributed by atoms with Gasteiger partial charge in [0.15, 0.2) is 0 Å². The Morgan fingerprint density at radius 2 is 1.83 bits per heavy atom. The van der Waals surface area contributed by atoms with Crippen molar-refractivity contribution in [2.45, 2.75) is 24.3 Å². The Kier molecular flexibility index (Phi) is 5.23. The number of hydrogen-bond acceptors (Lipinski definition) is 5. The highest BCUT2D eigenvalue weighted by atomic mass is 32.2. The zero-order valence-corrected chi connectivity index (χ0v) is 14.6. The molecule has 1 atom stereocenters. The summed E-state index contributed by atoms with van der Waals surface area (Å²) in [5, 5.41) is 0. The van der Waals surface area contributed by atoms with E-state index >= 15 is 0 Å². The monoisotopic (exact) mass is 346 g/mol. The maximum absolute atomic E-state index is 12.8. The SMILES string of the molecule is CC(c1cnccn1)N1CCCN(S(=O)(=O)c2ccccc2)CC1. The Balaban J connectivity index is 1.71. The lowest BCUT2D eigenvalue weighted by Gasteiger charge is -2.27. The molecule has 1 aliphatic rings. The number of benzene rings is 1. The minimum Gasteiger partial charge on any atom is -0.294 e. The second-order valence-corrected chi connectivity index (χ2v) is 7.85. The standard InChI is InChI=1S/C17H22N4O2S/c1-15(17-14-18-8-9-19-17)20-10-5-11-21(13-12-20)24(22,23)16-6-3-2-4-7-16/h2-4,6-9,14-15H,5,10-13H2,1H3. The molecule has 0 radical (unpaired) electrons. The van der Waals surface area contributed by atoms with Crippen molar-refractivity contribution in [1.29, 1.82) is 0 Å². The zero-order chi connectivity index (χ0) is 17.0. The molecule has 0 aliphatic carbocycles. The molecule has 24 heavy (non-hydrogen) atoms. The third-order valence-corrected chi connectivity index (χ3v) is 6.34. The van der Waals surface area contributed by atoms with Crippen LogP contribution in [0.5, 0.6) is 0 Å². The van der Waals surface area contributed by atoms with Crippen LogP contribution in [0.25, 0.3) is 0 Å². The van der Waals surface area contributed by atoms with Crippen molar-refractivity contribution in [3.05, 3.63) is 54.6 Å². The van der Waals surface area contributed by atoms with Gasteiger partial charge in [-0.15, -0.1) is 0 Å². The molecular weight excluding hydrogens is 324 g/mol. The van der Waals surface area contributed by atoms with Crippen LogP contribution in [-0.4, -0.2) is 53.8 Å². The lowest BCUT2D eigenvalue weighted by Crippen LogP contribution is -2.36. The largest absolute Gasteiger partial charge is 0.294 e. The molecule has 1 aromatic heterocycles. The van der Waals surface area contributed by atoms with E-state index in [0.29, 0.717) is 24.5 Å². The molecule has 2 aromatic rings. The summed E-state index contributed by atoms with van der Waals surface area (Å²) >= 11 is 0. The smallest absolute Gasteiger partial charge is 0.243 e. The van der Waals surface area contributed by atoms with E-state index in [4.69, 9.17) is 0 Å². The minimum atomic E-state index is -3.42. The van der Waals surface area contributed by atoms with Gasteiger partial charge in [-0.05, 0) is 25.5 Å². The first-order valence-electron chi connectivity index (χ1n) is 8.14. The van der Waals surface area contributed by atoms with E-state index in [1.54, 1.807) is 47.2 Å². The lowest BCUT2D eigenvalue weighted by molar-refractivity contribution is 0.217. The fourth-order valence-corrected chi connectivity index (χ4v) is 4.49. The number of hydrogen-bond donors (Lipinski definition) is 0. The first-order chi connectivity index (χ1) is 11.6. The summed E-state index contributed by atoms with van der Waals surface area (Å²) in [6.07, 6.45) is 5.92. The second kappa shape index (κ2) is 7.38. The molecule has 1 unspecified atom stereocenters. The second-order valence-electron chi connectivity index (χ2n) is 5.91. The fraction of sp³-hybridized carbons (Fsp3) is 0.412. The van der Waals surface area contributed by atoms with Crippen LogP contribution in [0.3, 0.4) is 0 Å². The Morgan fingerprint density at radius 3 is 2.54 bits per heavy atom. The summed E-state index contributed by atoms with van der Waals surface area (Å²) in [5.74, 6) is 0. The molecule has 3 rings (SSSR count). The van der Waals surface area contributed by atoms with Crippen LogP contribution < -0.4 is 0 Å². The molecule has 6 nitrogen and oxygen atoms in total. The summed E-state index contributed by atoms with van der Waals surface area (Å²) in [6, 6.07) is 8.77. The Morgan fingerprint density at radius 1 is 1.04 bits per heavy atom. The fourth-order valence-electron chi connectivity index (χ4n) is 3.00. The maximum Gasteiger partial charge on any atom is 0.243 e. The van der Waals surface area contributed by atoms with Crippen molar-refractivity contribution in [2.75, 3.05) is 26.2 Å². The van der Waals surface area contributed by atoms with Gasteiger partial charge in [0, 0.05) is 44.8 Å². The molecule has 0 spiro atoms. The molecule has 0 saturated carbocycles. The van der Waals surface area contributed by atoms with Crippen LogP contribution in [0.1, 0.15) is 25.1 Å². The van der Waals surface area contributed by atoms with Crippen molar-refractivity contribution < 1.29 is 8.42 Å². The Bertz CT molecular complexity index is 753. The molecule has 1 aliphatic heterocycles. The normalized spacial score (nSPS) is 18.9. The molecule has 1 fully saturated rings. The molecule has 0 amide bonds. The average Bonchev–Trinajstić information content (AvgIpc) is 2.89. The van der Waals surface area contributed by atoms with Gasteiger partial charge < -0.3 is 0 Å². The summed E-state index contributed by atoms with van der Waals surface area (Å²) in [7, 11) is -3.42. The van der Waals surface area contributed by atoms with E-state index in [-0.39, 0.29) is 6.04 Å². The van der Waals surface area contributed by atoms with Crippen molar-refractivity contribution in [2.24, 2.45) is 0 Å². The maximum atomic E-state index is 12.8. The van der Waals surface area contributed by atoms with Gasteiger partial charge in [-0.1, -0.05) is 18.2 Å². The lowest BCUT2D eigenvalue weighted by atomic mass is 10.2. The van der Waals surface area contributed by atoms with Crippen molar-refractivity contribution in [3.8, 4) is 0 Å². The van der Waals surface area contributed by atoms with Crippen molar-refractivity contribution in [3.63, 3.8) is 0 Å². The highest BCUT2D eigenvalue weighted by molar-refractivity contribution is 7.89. The molecule has 1 saturated heterocycles. The Hall–Kier alpha value is -1.83. The van der Waals surface area contributed by atoms with Crippen LogP contribution in [0.2, 0.25) is 0 Å². The van der Waals surface area contributed by atoms with E-state index in [1.807, 2.05) is 6.07 Å². The summed E-state index contributed by atoms with van der Waals surface area (Å²) < 4.78 is 27.1.